The molecule has 1 heterocycles. The van der Waals surface area contributed by atoms with Crippen molar-refractivity contribution < 1.29 is 14.3 Å². The fourth-order valence-corrected chi connectivity index (χ4v) is 3.26. The standard InChI is InChI=1S/C21H25NO3/c1-21(2)14-18(17-11-10-16(24-3)13-19(17)25-21)22-20(23)12-9-15-7-5-4-6-8-15/h4-8,10-11,13,18H,9,12,14H2,1-3H3,(H,22,23). The van der Waals surface area contributed by atoms with Crippen molar-refractivity contribution in [1.82, 2.24) is 5.32 Å². The van der Waals surface area contributed by atoms with Crippen molar-refractivity contribution in [2.45, 2.75) is 44.8 Å². The number of carbonyl (C=O) groups excluding carboxylic acids is 1. The van der Waals surface area contributed by atoms with Crippen molar-refractivity contribution in [3.8, 4) is 11.5 Å². The monoisotopic (exact) mass is 339 g/mol. The molecule has 4 nitrogen and oxygen atoms in total. The number of amides is 1. The average Bonchev–Trinajstić information content (AvgIpc) is 2.59. The first-order valence-electron chi connectivity index (χ1n) is 8.67. The minimum atomic E-state index is -0.337. The summed E-state index contributed by atoms with van der Waals surface area (Å²) in [6.07, 6.45) is 1.96. The molecule has 1 N–H and O–H groups in total. The summed E-state index contributed by atoms with van der Waals surface area (Å²) in [5.41, 5.74) is 1.85. The number of methoxy groups -OCH3 is 1. The lowest BCUT2D eigenvalue weighted by Crippen LogP contribution is -2.41. The maximum atomic E-state index is 12.5. The first kappa shape index (κ1) is 17.3. The average molecular weight is 339 g/mol. The van der Waals surface area contributed by atoms with Gasteiger partial charge in [0.05, 0.1) is 13.2 Å². The fourth-order valence-electron chi connectivity index (χ4n) is 3.26. The number of aryl methyl sites for hydroxylation is 1. The minimum absolute atomic E-state index is 0.0482. The zero-order chi connectivity index (χ0) is 17.9. The molecule has 1 aliphatic heterocycles. The first-order valence-corrected chi connectivity index (χ1v) is 8.67. The Morgan fingerprint density at radius 1 is 1.24 bits per heavy atom. The molecule has 2 aromatic rings. The van der Waals surface area contributed by atoms with E-state index in [0.717, 1.165) is 29.9 Å². The largest absolute Gasteiger partial charge is 0.497 e. The lowest BCUT2D eigenvalue weighted by atomic mass is 9.89. The summed E-state index contributed by atoms with van der Waals surface area (Å²) in [4.78, 5) is 12.5. The normalized spacial score (nSPS) is 18.0. The van der Waals surface area contributed by atoms with E-state index in [4.69, 9.17) is 9.47 Å². The SMILES string of the molecule is COc1ccc2c(c1)OC(C)(C)CC2NC(=O)CCc1ccccc1. The highest BCUT2D eigenvalue weighted by Gasteiger charge is 2.34. The van der Waals surface area contributed by atoms with Gasteiger partial charge >= 0.3 is 0 Å². The number of nitrogens with one attached hydrogen (secondary N) is 1. The molecule has 0 radical (unpaired) electrons. The van der Waals surface area contributed by atoms with Gasteiger partial charge in [-0.2, -0.15) is 0 Å². The number of benzene rings is 2. The molecule has 1 amide bonds. The van der Waals surface area contributed by atoms with Crippen LogP contribution in [-0.2, 0) is 11.2 Å². The Hall–Kier alpha value is -2.49. The Labute approximate surface area is 149 Å². The zero-order valence-corrected chi connectivity index (χ0v) is 15.0. The molecule has 25 heavy (non-hydrogen) atoms. The van der Waals surface area contributed by atoms with Gasteiger partial charge in [0, 0.05) is 24.5 Å². The molecule has 4 heteroatoms. The molecular weight excluding hydrogens is 314 g/mol. The van der Waals surface area contributed by atoms with Crippen LogP contribution in [0.25, 0.3) is 0 Å². The predicted molar refractivity (Wildman–Crippen MR) is 98.0 cm³/mol. The fraction of sp³-hybridized carbons (Fsp3) is 0.381. The number of hydrogen-bond acceptors (Lipinski definition) is 3. The van der Waals surface area contributed by atoms with E-state index in [9.17, 15) is 4.79 Å². The third-order valence-corrected chi connectivity index (χ3v) is 4.50. The quantitative estimate of drug-likeness (QED) is 0.894. The summed E-state index contributed by atoms with van der Waals surface area (Å²) >= 11 is 0. The van der Waals surface area contributed by atoms with Crippen LogP contribution in [0.3, 0.4) is 0 Å². The Morgan fingerprint density at radius 3 is 2.72 bits per heavy atom. The lowest BCUT2D eigenvalue weighted by Gasteiger charge is -2.38. The van der Waals surface area contributed by atoms with E-state index in [1.54, 1.807) is 7.11 Å². The topological polar surface area (TPSA) is 47.6 Å². The van der Waals surface area contributed by atoms with Crippen molar-refractivity contribution in [3.63, 3.8) is 0 Å². The minimum Gasteiger partial charge on any atom is -0.497 e. The van der Waals surface area contributed by atoms with E-state index in [1.807, 2.05) is 62.4 Å². The lowest BCUT2D eigenvalue weighted by molar-refractivity contribution is -0.122. The van der Waals surface area contributed by atoms with Gasteiger partial charge in [-0.05, 0) is 38.0 Å². The van der Waals surface area contributed by atoms with E-state index in [2.05, 4.69) is 5.32 Å². The molecule has 0 saturated heterocycles. The third kappa shape index (κ3) is 4.32. The highest BCUT2D eigenvalue weighted by Crippen LogP contribution is 2.41. The zero-order valence-electron chi connectivity index (χ0n) is 15.0. The summed E-state index contributed by atoms with van der Waals surface area (Å²) in [7, 11) is 1.64. The highest BCUT2D eigenvalue weighted by molar-refractivity contribution is 5.77. The van der Waals surface area contributed by atoms with Crippen LogP contribution in [0.1, 0.15) is 43.9 Å². The van der Waals surface area contributed by atoms with Crippen molar-refractivity contribution in [2.75, 3.05) is 7.11 Å². The van der Waals surface area contributed by atoms with Crippen LogP contribution >= 0.6 is 0 Å². The van der Waals surface area contributed by atoms with Gasteiger partial charge in [0.15, 0.2) is 0 Å². The molecule has 2 aromatic carbocycles. The molecule has 0 bridgehead atoms. The van der Waals surface area contributed by atoms with Crippen LogP contribution in [0.2, 0.25) is 0 Å². The summed E-state index contributed by atoms with van der Waals surface area (Å²) in [5, 5.41) is 3.18. The second-order valence-electron chi connectivity index (χ2n) is 7.08. The summed E-state index contributed by atoms with van der Waals surface area (Å²) in [6, 6.07) is 15.8. The molecule has 0 aliphatic carbocycles. The Morgan fingerprint density at radius 2 is 2.00 bits per heavy atom. The van der Waals surface area contributed by atoms with Crippen LogP contribution in [0.5, 0.6) is 11.5 Å². The van der Waals surface area contributed by atoms with Crippen molar-refractivity contribution in [2.24, 2.45) is 0 Å². The predicted octanol–water partition coefficient (Wildman–Crippen LogP) is 4.05. The smallest absolute Gasteiger partial charge is 0.220 e. The van der Waals surface area contributed by atoms with Crippen molar-refractivity contribution in [1.29, 1.82) is 0 Å². The highest BCUT2D eigenvalue weighted by atomic mass is 16.5. The molecule has 1 unspecified atom stereocenters. The third-order valence-electron chi connectivity index (χ3n) is 4.50. The van der Waals surface area contributed by atoms with Gasteiger partial charge in [-0.1, -0.05) is 30.3 Å². The second kappa shape index (κ2) is 7.18. The molecule has 1 aliphatic rings. The number of fused-ring (bicyclic) bond motifs is 1. The maximum absolute atomic E-state index is 12.5. The maximum Gasteiger partial charge on any atom is 0.220 e. The molecule has 3 rings (SSSR count). The van der Waals surface area contributed by atoms with Crippen LogP contribution in [-0.4, -0.2) is 18.6 Å². The molecule has 1 atom stereocenters. The van der Waals surface area contributed by atoms with Gasteiger partial charge in [0.25, 0.3) is 0 Å². The van der Waals surface area contributed by atoms with Gasteiger partial charge < -0.3 is 14.8 Å². The molecule has 0 aromatic heterocycles. The van der Waals surface area contributed by atoms with Gasteiger partial charge in [0.2, 0.25) is 5.91 Å². The van der Waals surface area contributed by atoms with Crippen LogP contribution in [0.4, 0.5) is 0 Å². The number of hydrogen-bond donors (Lipinski definition) is 1. The van der Waals surface area contributed by atoms with Crippen LogP contribution < -0.4 is 14.8 Å². The second-order valence-corrected chi connectivity index (χ2v) is 7.08. The van der Waals surface area contributed by atoms with Gasteiger partial charge in [-0.25, -0.2) is 0 Å². The number of rotatable bonds is 5. The molecule has 0 saturated carbocycles. The summed E-state index contributed by atoms with van der Waals surface area (Å²) in [5.74, 6) is 1.60. The van der Waals surface area contributed by atoms with E-state index in [1.165, 1.54) is 5.56 Å². The van der Waals surface area contributed by atoms with Gasteiger partial charge in [-0.3, -0.25) is 4.79 Å². The Balaban J connectivity index is 1.70. The van der Waals surface area contributed by atoms with E-state index < -0.39 is 0 Å². The van der Waals surface area contributed by atoms with E-state index >= 15 is 0 Å². The number of carbonyl (C=O) groups is 1. The Bertz CT molecular complexity index is 740. The Kier molecular flexibility index (Phi) is 4.98. The summed E-state index contributed by atoms with van der Waals surface area (Å²) < 4.78 is 11.4. The van der Waals surface area contributed by atoms with Crippen molar-refractivity contribution >= 4 is 5.91 Å². The van der Waals surface area contributed by atoms with E-state index in [0.29, 0.717) is 6.42 Å². The summed E-state index contributed by atoms with van der Waals surface area (Å²) in [6.45, 7) is 4.08. The first-order chi connectivity index (χ1) is 12.0. The number of ether oxygens (including phenoxy) is 2. The van der Waals surface area contributed by atoms with E-state index in [-0.39, 0.29) is 17.6 Å². The van der Waals surface area contributed by atoms with Crippen molar-refractivity contribution in [3.05, 3.63) is 59.7 Å². The van der Waals surface area contributed by atoms with Gasteiger partial charge in [0.1, 0.15) is 17.1 Å². The van der Waals surface area contributed by atoms with Crippen LogP contribution in [0.15, 0.2) is 48.5 Å². The molecule has 132 valence electrons. The van der Waals surface area contributed by atoms with Crippen LogP contribution in [0, 0.1) is 0 Å². The van der Waals surface area contributed by atoms with Gasteiger partial charge in [-0.15, -0.1) is 0 Å². The molecular formula is C21H25NO3. The molecule has 0 fully saturated rings. The molecule has 0 spiro atoms.